The number of aliphatic carboxylic acids is 1. The number of carboxylic acids is 1. The van der Waals surface area contributed by atoms with E-state index >= 15 is 4.39 Å². The number of H-pyrrole nitrogens is 1. The number of anilines is 3. The maximum absolute atomic E-state index is 15.1. The smallest absolute Gasteiger partial charge is 0.475 e. The molecule has 0 fully saturated rings. The van der Waals surface area contributed by atoms with Gasteiger partial charge in [0.25, 0.3) is 0 Å². The second-order valence-electron chi connectivity index (χ2n) is 11.2. The number of fused-ring (bicyclic) bond motifs is 1. The van der Waals surface area contributed by atoms with E-state index in [9.17, 15) is 31.9 Å². The molecule has 0 aliphatic heterocycles. The summed E-state index contributed by atoms with van der Waals surface area (Å²) >= 11 is 0. The minimum Gasteiger partial charge on any atom is -0.475 e. The van der Waals surface area contributed by atoms with Crippen molar-refractivity contribution in [3.8, 4) is 22.8 Å². The predicted molar refractivity (Wildman–Crippen MR) is 184 cm³/mol. The molecule has 0 aliphatic rings. The number of carbonyl (C=O) groups is 4. The van der Waals surface area contributed by atoms with Gasteiger partial charge in [-0.15, -0.1) is 0 Å². The van der Waals surface area contributed by atoms with Gasteiger partial charge in [-0.05, 0) is 68.2 Å². The molecule has 276 valence electrons. The van der Waals surface area contributed by atoms with Crippen molar-refractivity contribution in [2.24, 2.45) is 0 Å². The molecular formula is C35H30F5N7O6. The van der Waals surface area contributed by atoms with Crippen molar-refractivity contribution in [3.05, 3.63) is 103 Å². The van der Waals surface area contributed by atoms with Gasteiger partial charge in [0.1, 0.15) is 24.2 Å². The number of halogens is 5. The normalized spacial score (nSPS) is 11.2. The molecule has 18 heteroatoms. The summed E-state index contributed by atoms with van der Waals surface area (Å²) in [4.78, 5) is 59.2. The number of hydrogen-bond acceptors (Lipinski definition) is 8. The first-order valence-electron chi connectivity index (χ1n) is 15.3. The molecular weight excluding hydrogens is 709 g/mol. The Balaban J connectivity index is 0.000000815. The molecule has 0 aliphatic carbocycles. The average Bonchev–Trinajstić information content (AvgIpc) is 3.52. The summed E-state index contributed by atoms with van der Waals surface area (Å²) in [6.45, 7) is 0.627. The lowest BCUT2D eigenvalue weighted by Crippen LogP contribution is -2.21. The van der Waals surface area contributed by atoms with Gasteiger partial charge in [-0.2, -0.15) is 13.2 Å². The van der Waals surface area contributed by atoms with Crippen LogP contribution in [-0.4, -0.2) is 75.5 Å². The lowest BCUT2D eigenvalue weighted by atomic mass is 10.1. The second kappa shape index (κ2) is 17.5. The fourth-order valence-electron chi connectivity index (χ4n) is 4.41. The van der Waals surface area contributed by atoms with Gasteiger partial charge in [-0.1, -0.05) is 18.2 Å². The molecule has 5 N–H and O–H groups in total. The third-order valence-corrected chi connectivity index (χ3v) is 6.73. The minimum absolute atomic E-state index is 0.0791. The number of carbonyl (C=O) groups excluding carboxylic acids is 3. The monoisotopic (exact) mass is 739 g/mol. The number of carboxylic acid groups (broad SMARTS) is 1. The summed E-state index contributed by atoms with van der Waals surface area (Å²) in [7, 11) is 3.81. The first-order valence-corrected chi connectivity index (χ1v) is 15.3. The Morgan fingerprint density at radius 2 is 1.53 bits per heavy atom. The molecule has 53 heavy (non-hydrogen) atoms. The van der Waals surface area contributed by atoms with Gasteiger partial charge in [0.15, 0.2) is 11.6 Å². The van der Waals surface area contributed by atoms with Gasteiger partial charge < -0.3 is 35.7 Å². The zero-order chi connectivity index (χ0) is 38.7. The fourth-order valence-corrected chi connectivity index (χ4v) is 4.41. The first-order chi connectivity index (χ1) is 25.1. The zero-order valence-corrected chi connectivity index (χ0v) is 27.8. The van der Waals surface area contributed by atoms with E-state index in [1.165, 1.54) is 48.8 Å². The average molecular weight is 740 g/mol. The molecule has 0 atom stereocenters. The molecule has 0 bridgehead atoms. The van der Waals surface area contributed by atoms with Crippen LogP contribution in [0.15, 0.2) is 91.4 Å². The van der Waals surface area contributed by atoms with Crippen molar-refractivity contribution in [2.75, 3.05) is 36.6 Å². The standard InChI is InChI=1S/C33H29F2N7O4.C2HF3O2/c1-42(2)14-4-7-28(43)40-23-6-3-5-20(15-23)25-18-36-32-31(25)33(38-19-37-32)46-27-13-12-24(16-26(27)35)41-30(45)17-29(44)39-22-10-8-21(34)9-11-22;3-2(4,5)1(6)7/h3-13,15-16,18-19H,14,17H2,1-2H3,(H,39,44)(H,40,43)(H,41,45)(H,36,37,38);(H,6,7)/b7-4+;. The third-order valence-electron chi connectivity index (χ3n) is 6.73. The molecule has 0 saturated heterocycles. The Morgan fingerprint density at radius 3 is 2.17 bits per heavy atom. The van der Waals surface area contributed by atoms with Crippen molar-refractivity contribution >= 4 is 51.8 Å². The van der Waals surface area contributed by atoms with E-state index < -0.39 is 42.0 Å². The van der Waals surface area contributed by atoms with Crippen LogP contribution in [0.3, 0.4) is 0 Å². The third kappa shape index (κ3) is 11.7. The van der Waals surface area contributed by atoms with E-state index in [1.807, 2.05) is 25.1 Å². The van der Waals surface area contributed by atoms with Crippen LogP contribution in [0, 0.1) is 11.6 Å². The van der Waals surface area contributed by atoms with Crippen molar-refractivity contribution in [3.63, 3.8) is 0 Å². The van der Waals surface area contributed by atoms with Crippen molar-refractivity contribution < 1.29 is 51.0 Å². The maximum atomic E-state index is 15.1. The van der Waals surface area contributed by atoms with Crippen LogP contribution < -0.4 is 20.7 Å². The summed E-state index contributed by atoms with van der Waals surface area (Å²) in [6.07, 6.45) is 0.597. The molecule has 0 saturated carbocycles. The van der Waals surface area contributed by atoms with E-state index in [4.69, 9.17) is 14.6 Å². The van der Waals surface area contributed by atoms with Crippen molar-refractivity contribution in [2.45, 2.75) is 12.6 Å². The highest BCUT2D eigenvalue weighted by Gasteiger charge is 2.38. The Kier molecular flexibility index (Phi) is 12.9. The number of nitrogens with one attached hydrogen (secondary N) is 4. The zero-order valence-electron chi connectivity index (χ0n) is 27.8. The number of hydrogen-bond donors (Lipinski definition) is 5. The quantitative estimate of drug-likeness (QED) is 0.0586. The fraction of sp³-hybridized carbons (Fsp3) is 0.143. The Morgan fingerprint density at radius 1 is 0.887 bits per heavy atom. The number of likely N-dealkylation sites (N-methyl/N-ethyl adjacent to an activating group) is 1. The number of rotatable bonds is 11. The number of alkyl halides is 3. The van der Waals surface area contributed by atoms with Gasteiger partial charge in [-0.3, -0.25) is 14.4 Å². The summed E-state index contributed by atoms with van der Waals surface area (Å²) in [6, 6.07) is 16.1. The lowest BCUT2D eigenvalue weighted by Gasteiger charge is -2.11. The molecule has 5 rings (SSSR count). The topological polar surface area (TPSA) is 179 Å². The van der Waals surface area contributed by atoms with Crippen LogP contribution in [0.25, 0.3) is 22.2 Å². The van der Waals surface area contributed by atoms with Crippen LogP contribution >= 0.6 is 0 Å². The Bertz CT molecular complexity index is 2140. The Hall–Kier alpha value is -6.69. The Labute approximate surface area is 297 Å². The lowest BCUT2D eigenvalue weighted by molar-refractivity contribution is -0.192. The van der Waals surface area contributed by atoms with E-state index in [2.05, 4.69) is 30.9 Å². The van der Waals surface area contributed by atoms with Crippen LogP contribution in [0.1, 0.15) is 6.42 Å². The van der Waals surface area contributed by atoms with Crippen LogP contribution in [0.5, 0.6) is 11.6 Å². The molecule has 3 amide bonds. The van der Waals surface area contributed by atoms with Gasteiger partial charge in [0.2, 0.25) is 23.6 Å². The highest BCUT2D eigenvalue weighted by Crippen LogP contribution is 2.37. The summed E-state index contributed by atoms with van der Waals surface area (Å²) in [5.41, 5.74) is 2.84. The predicted octanol–water partition coefficient (Wildman–Crippen LogP) is 6.35. The molecule has 0 radical (unpaired) electrons. The highest BCUT2D eigenvalue weighted by molar-refractivity contribution is 6.08. The number of ether oxygens (including phenoxy) is 1. The summed E-state index contributed by atoms with van der Waals surface area (Å²) in [5, 5.41) is 15.4. The number of nitrogens with zero attached hydrogens (tertiary/aromatic N) is 3. The van der Waals surface area contributed by atoms with Gasteiger partial charge in [0.05, 0.1) is 5.39 Å². The largest absolute Gasteiger partial charge is 0.490 e. The van der Waals surface area contributed by atoms with E-state index in [0.717, 1.165) is 11.6 Å². The number of aromatic amines is 1. The molecule has 13 nitrogen and oxygen atoms in total. The molecule has 0 spiro atoms. The molecule has 5 aromatic rings. The number of aromatic nitrogens is 3. The SMILES string of the molecule is CN(C)C/C=C/C(=O)Nc1cccc(-c2c[nH]c3ncnc(Oc4ccc(NC(=O)CC(=O)Nc5ccc(F)cc5)cc4F)c23)c1.O=C(O)C(F)(F)F. The first kappa shape index (κ1) is 39.1. The van der Waals surface area contributed by atoms with Crippen LogP contribution in [-0.2, 0) is 19.2 Å². The number of amides is 3. The van der Waals surface area contributed by atoms with Gasteiger partial charge >= 0.3 is 12.1 Å². The second-order valence-corrected chi connectivity index (χ2v) is 11.2. The number of benzene rings is 3. The molecule has 2 heterocycles. The molecule has 3 aromatic carbocycles. The van der Waals surface area contributed by atoms with Crippen molar-refractivity contribution in [1.82, 2.24) is 19.9 Å². The van der Waals surface area contributed by atoms with Crippen molar-refractivity contribution in [1.29, 1.82) is 0 Å². The molecule has 2 aromatic heterocycles. The molecule has 0 unspecified atom stereocenters. The van der Waals surface area contributed by atoms with Crippen LogP contribution in [0.2, 0.25) is 0 Å². The van der Waals surface area contributed by atoms with E-state index in [1.54, 1.807) is 30.5 Å². The maximum Gasteiger partial charge on any atom is 0.490 e. The summed E-state index contributed by atoms with van der Waals surface area (Å²) < 4.78 is 65.8. The van der Waals surface area contributed by atoms with Gasteiger partial charge in [-0.25, -0.2) is 23.5 Å². The highest BCUT2D eigenvalue weighted by atomic mass is 19.4. The minimum atomic E-state index is -5.08. The van der Waals surface area contributed by atoms with E-state index in [-0.39, 0.29) is 23.2 Å². The summed E-state index contributed by atoms with van der Waals surface area (Å²) in [5.74, 6) is -5.65. The van der Waals surface area contributed by atoms with Gasteiger partial charge in [0, 0.05) is 47.5 Å². The van der Waals surface area contributed by atoms with Crippen LogP contribution in [0.4, 0.5) is 39.0 Å². The van der Waals surface area contributed by atoms with E-state index in [0.29, 0.717) is 34.5 Å².